The van der Waals surface area contributed by atoms with Gasteiger partial charge in [0.2, 0.25) is 5.91 Å². The lowest BCUT2D eigenvalue weighted by Crippen LogP contribution is -2.32. The Morgan fingerprint density at radius 3 is 2.69 bits per heavy atom. The molecule has 1 aromatic carbocycles. The van der Waals surface area contributed by atoms with Gasteiger partial charge >= 0.3 is 0 Å². The zero-order chi connectivity index (χ0) is 19.5. The van der Waals surface area contributed by atoms with E-state index in [1.54, 1.807) is 30.3 Å². The van der Waals surface area contributed by atoms with Gasteiger partial charge in [-0.3, -0.25) is 24.0 Å². The summed E-state index contributed by atoms with van der Waals surface area (Å²) in [4.78, 5) is 37.1. The Bertz CT molecular complexity index is 880. The Morgan fingerprint density at radius 1 is 1.24 bits per heavy atom. The molecule has 4 rings (SSSR count). The molecule has 2 aromatic rings. The fourth-order valence-electron chi connectivity index (χ4n) is 3.33. The summed E-state index contributed by atoms with van der Waals surface area (Å²) in [5.74, 6) is -0.232. The zero-order valence-electron chi connectivity index (χ0n) is 15.7. The molecule has 0 spiro atoms. The Labute approximate surface area is 178 Å². The van der Waals surface area contributed by atoms with E-state index in [0.717, 1.165) is 43.3 Å². The number of thioether (sulfide) groups is 1. The second-order valence-corrected chi connectivity index (χ2v) is 7.79. The number of nitrogens with one attached hydrogen (secondary N) is 2. The molecule has 2 aliphatic heterocycles. The molecule has 0 aliphatic carbocycles. The lowest BCUT2D eigenvalue weighted by Gasteiger charge is -2.22. The lowest BCUT2D eigenvalue weighted by molar-refractivity contribution is -0.125. The van der Waals surface area contributed by atoms with Crippen molar-refractivity contribution >= 4 is 46.9 Å². The highest BCUT2D eigenvalue weighted by Crippen LogP contribution is 2.22. The van der Waals surface area contributed by atoms with Crippen molar-refractivity contribution in [3.05, 3.63) is 47.8 Å². The molecule has 0 saturated carbocycles. The van der Waals surface area contributed by atoms with Crippen LogP contribution in [-0.4, -0.2) is 50.6 Å². The van der Waals surface area contributed by atoms with Crippen molar-refractivity contribution in [1.29, 1.82) is 0 Å². The number of aromatic nitrogens is 2. The van der Waals surface area contributed by atoms with Gasteiger partial charge in [0.05, 0.1) is 18.3 Å². The maximum Gasteiger partial charge on any atom is 0.289 e. The number of imide groups is 1. The van der Waals surface area contributed by atoms with E-state index < -0.39 is 0 Å². The number of piperidine rings is 1. The van der Waals surface area contributed by atoms with E-state index in [1.807, 2.05) is 10.9 Å². The quantitative estimate of drug-likeness (QED) is 0.749. The fourth-order valence-corrected chi connectivity index (χ4v) is 4.05. The summed E-state index contributed by atoms with van der Waals surface area (Å²) in [6, 6.07) is 9.11. The number of amides is 3. The average molecular weight is 436 g/mol. The SMILES string of the molecule is Cl.O=C(Nc1ccc(CN2C(=O)CSC2=O)cc1)c1ccn(C2CCCNC2)n1. The molecule has 154 valence electrons. The molecule has 2 fully saturated rings. The predicted octanol–water partition coefficient (Wildman–Crippen LogP) is 2.68. The third-order valence-electron chi connectivity index (χ3n) is 4.88. The minimum atomic E-state index is -0.267. The number of rotatable bonds is 5. The van der Waals surface area contributed by atoms with Crippen LogP contribution in [0.5, 0.6) is 0 Å². The highest BCUT2D eigenvalue weighted by atomic mass is 35.5. The van der Waals surface area contributed by atoms with Crippen molar-refractivity contribution in [2.45, 2.75) is 25.4 Å². The van der Waals surface area contributed by atoms with Gasteiger partial charge in [0.1, 0.15) is 0 Å². The molecule has 2 aliphatic rings. The molecule has 1 unspecified atom stereocenters. The van der Waals surface area contributed by atoms with E-state index >= 15 is 0 Å². The highest BCUT2D eigenvalue weighted by Gasteiger charge is 2.29. The third kappa shape index (κ3) is 4.98. The second kappa shape index (κ2) is 9.43. The summed E-state index contributed by atoms with van der Waals surface area (Å²) in [5.41, 5.74) is 1.84. The van der Waals surface area contributed by atoms with E-state index in [-0.39, 0.29) is 47.8 Å². The number of anilines is 1. The number of benzene rings is 1. The molecule has 10 heteroatoms. The number of nitrogens with zero attached hydrogens (tertiary/aromatic N) is 3. The summed E-state index contributed by atoms with van der Waals surface area (Å²) in [6.45, 7) is 2.14. The van der Waals surface area contributed by atoms with Gasteiger partial charge in [-0.05, 0) is 43.1 Å². The van der Waals surface area contributed by atoms with Crippen LogP contribution in [0.4, 0.5) is 10.5 Å². The number of carbonyl (C=O) groups excluding carboxylic acids is 3. The van der Waals surface area contributed by atoms with Crippen LogP contribution in [0.1, 0.15) is 34.9 Å². The van der Waals surface area contributed by atoms with Gasteiger partial charge in [-0.2, -0.15) is 5.10 Å². The molecule has 0 bridgehead atoms. The second-order valence-electron chi connectivity index (χ2n) is 6.87. The molecule has 1 atom stereocenters. The Kier molecular flexibility index (Phi) is 6.94. The Balaban J connectivity index is 0.00000240. The smallest absolute Gasteiger partial charge is 0.289 e. The molecule has 2 saturated heterocycles. The van der Waals surface area contributed by atoms with E-state index in [9.17, 15) is 14.4 Å². The fraction of sp³-hybridized carbons (Fsp3) is 0.368. The summed E-state index contributed by atoms with van der Waals surface area (Å²) in [6.07, 6.45) is 4.00. The first-order chi connectivity index (χ1) is 13.6. The molecule has 3 amide bonds. The monoisotopic (exact) mass is 435 g/mol. The third-order valence-corrected chi connectivity index (χ3v) is 5.74. The van der Waals surface area contributed by atoms with Gasteiger partial charge in [-0.15, -0.1) is 12.4 Å². The van der Waals surface area contributed by atoms with E-state index in [4.69, 9.17) is 0 Å². The molecule has 29 heavy (non-hydrogen) atoms. The number of hydrogen-bond acceptors (Lipinski definition) is 6. The standard InChI is InChI=1S/C19H21N5O3S.ClH/c25-17-12-28-19(27)23(17)11-13-3-5-14(6-4-13)21-18(26)16-7-9-24(22-16)15-2-1-8-20-10-15;/h3-7,9,15,20H,1-2,8,10-12H2,(H,21,26);1H. The summed E-state index contributed by atoms with van der Waals surface area (Å²) in [7, 11) is 0. The first-order valence-electron chi connectivity index (χ1n) is 9.23. The molecular weight excluding hydrogens is 414 g/mol. The maximum atomic E-state index is 12.5. The number of hydrogen-bond donors (Lipinski definition) is 2. The summed E-state index contributed by atoms with van der Waals surface area (Å²) in [5, 5.41) is 10.4. The number of carbonyl (C=O) groups is 3. The van der Waals surface area contributed by atoms with E-state index in [0.29, 0.717) is 11.4 Å². The first kappa shape index (κ1) is 21.4. The van der Waals surface area contributed by atoms with Crippen LogP contribution in [0, 0.1) is 0 Å². The van der Waals surface area contributed by atoms with Gasteiger partial charge in [-0.1, -0.05) is 23.9 Å². The largest absolute Gasteiger partial charge is 0.321 e. The van der Waals surface area contributed by atoms with Crippen LogP contribution in [0.2, 0.25) is 0 Å². The molecule has 1 aromatic heterocycles. The minimum absolute atomic E-state index is 0. The molecule has 3 heterocycles. The van der Waals surface area contributed by atoms with Crippen molar-refractivity contribution in [1.82, 2.24) is 20.0 Å². The Hall–Kier alpha value is -2.36. The Morgan fingerprint density at radius 2 is 2.03 bits per heavy atom. The van der Waals surface area contributed by atoms with Crippen LogP contribution in [0.15, 0.2) is 36.5 Å². The first-order valence-corrected chi connectivity index (χ1v) is 10.2. The average Bonchev–Trinajstić information content (AvgIpc) is 3.33. The predicted molar refractivity (Wildman–Crippen MR) is 113 cm³/mol. The molecular formula is C19H22ClN5O3S. The molecule has 0 radical (unpaired) electrons. The van der Waals surface area contributed by atoms with Crippen molar-refractivity contribution in [2.75, 3.05) is 24.2 Å². The van der Waals surface area contributed by atoms with Crippen LogP contribution in [0.3, 0.4) is 0 Å². The van der Waals surface area contributed by atoms with Crippen molar-refractivity contribution < 1.29 is 14.4 Å². The minimum Gasteiger partial charge on any atom is -0.321 e. The van der Waals surface area contributed by atoms with Crippen LogP contribution >= 0.6 is 24.2 Å². The summed E-state index contributed by atoms with van der Waals surface area (Å²) >= 11 is 1.02. The van der Waals surface area contributed by atoms with Crippen LogP contribution in [-0.2, 0) is 11.3 Å². The maximum absolute atomic E-state index is 12.5. The molecule has 2 N–H and O–H groups in total. The number of halogens is 1. The molecule has 8 nitrogen and oxygen atoms in total. The normalized spacial score (nSPS) is 19.2. The van der Waals surface area contributed by atoms with E-state index in [1.165, 1.54) is 4.90 Å². The summed E-state index contributed by atoms with van der Waals surface area (Å²) < 4.78 is 1.85. The van der Waals surface area contributed by atoms with Crippen molar-refractivity contribution in [2.24, 2.45) is 0 Å². The zero-order valence-corrected chi connectivity index (χ0v) is 17.3. The van der Waals surface area contributed by atoms with Crippen LogP contribution < -0.4 is 10.6 Å². The van der Waals surface area contributed by atoms with Gasteiger partial charge in [-0.25, -0.2) is 0 Å². The highest BCUT2D eigenvalue weighted by molar-refractivity contribution is 8.14. The van der Waals surface area contributed by atoms with Gasteiger partial charge in [0.25, 0.3) is 11.1 Å². The van der Waals surface area contributed by atoms with Crippen LogP contribution in [0.25, 0.3) is 0 Å². The van der Waals surface area contributed by atoms with Gasteiger partial charge < -0.3 is 10.6 Å². The van der Waals surface area contributed by atoms with E-state index in [2.05, 4.69) is 15.7 Å². The topological polar surface area (TPSA) is 96.3 Å². The lowest BCUT2D eigenvalue weighted by atomic mass is 10.1. The van der Waals surface area contributed by atoms with Gasteiger partial charge in [0.15, 0.2) is 5.69 Å². The van der Waals surface area contributed by atoms with Crippen molar-refractivity contribution in [3.8, 4) is 0 Å². The van der Waals surface area contributed by atoms with Crippen molar-refractivity contribution in [3.63, 3.8) is 0 Å². The van der Waals surface area contributed by atoms with Gasteiger partial charge in [0, 0.05) is 18.4 Å².